The van der Waals surface area contributed by atoms with Crippen molar-refractivity contribution in [2.45, 2.75) is 20.5 Å². The van der Waals surface area contributed by atoms with Crippen molar-refractivity contribution in [2.75, 3.05) is 6.54 Å². The molecule has 0 atom stereocenters. The molecule has 2 aromatic rings. The number of rotatable bonds is 6. The molecule has 142 valence electrons. The van der Waals surface area contributed by atoms with E-state index < -0.39 is 0 Å². The summed E-state index contributed by atoms with van der Waals surface area (Å²) in [6.45, 7) is 5.02. The van der Waals surface area contributed by atoms with Gasteiger partial charge in [-0.3, -0.25) is 9.69 Å². The highest BCUT2D eigenvalue weighted by atomic mass is 32.2. The first-order valence-electron chi connectivity index (χ1n) is 8.94. The summed E-state index contributed by atoms with van der Waals surface area (Å²) >= 11 is 6.69. The molecule has 0 spiro atoms. The lowest BCUT2D eigenvalue weighted by molar-refractivity contribution is -0.122. The molecule has 1 saturated heterocycles. The quantitative estimate of drug-likeness (QED) is 0.498. The minimum absolute atomic E-state index is 0.0617. The highest BCUT2D eigenvalue weighted by molar-refractivity contribution is 8.26. The van der Waals surface area contributed by atoms with Crippen LogP contribution in [0.2, 0.25) is 0 Å². The number of para-hydroxylation sites is 1. The van der Waals surface area contributed by atoms with Gasteiger partial charge < -0.3 is 4.74 Å². The molecule has 0 radical (unpaired) electrons. The number of benzene rings is 2. The molecule has 2 aromatic carbocycles. The summed E-state index contributed by atoms with van der Waals surface area (Å²) in [5, 5.41) is 9.23. The lowest BCUT2D eigenvalue weighted by Gasteiger charge is -2.16. The minimum atomic E-state index is -0.0617. The molecule has 1 amide bonds. The number of thiocarbonyl (C=S) groups is 1. The third kappa shape index (κ3) is 4.61. The maximum atomic E-state index is 12.7. The highest BCUT2D eigenvalue weighted by Crippen LogP contribution is 2.34. The van der Waals surface area contributed by atoms with Gasteiger partial charge in [0.15, 0.2) is 0 Å². The van der Waals surface area contributed by atoms with Gasteiger partial charge in [-0.25, -0.2) is 0 Å². The topological polar surface area (TPSA) is 53.3 Å². The molecule has 1 aliphatic heterocycles. The number of carbonyl (C=O) groups excluding carboxylic acids is 1. The average Bonchev–Trinajstić information content (AvgIpc) is 2.94. The van der Waals surface area contributed by atoms with Gasteiger partial charge in [-0.2, -0.15) is 5.26 Å². The molecule has 6 heteroatoms. The van der Waals surface area contributed by atoms with E-state index in [1.807, 2.05) is 48.5 Å². The molecule has 0 unspecified atom stereocenters. The van der Waals surface area contributed by atoms with Crippen molar-refractivity contribution in [1.29, 1.82) is 5.26 Å². The van der Waals surface area contributed by atoms with Crippen LogP contribution in [0.15, 0.2) is 53.4 Å². The van der Waals surface area contributed by atoms with E-state index in [1.54, 1.807) is 11.0 Å². The molecular formula is C22H20N2O2S2. The Kier molecular flexibility index (Phi) is 6.50. The van der Waals surface area contributed by atoms with Crippen molar-refractivity contribution in [2.24, 2.45) is 5.92 Å². The van der Waals surface area contributed by atoms with E-state index in [2.05, 4.69) is 19.9 Å². The SMILES string of the molecule is CC(C)CN1C(=O)/C(=C/c2ccccc2OCc2ccccc2C#N)SC1=S. The Bertz CT molecular complexity index is 976. The van der Waals surface area contributed by atoms with E-state index in [-0.39, 0.29) is 12.5 Å². The van der Waals surface area contributed by atoms with Gasteiger partial charge in [-0.1, -0.05) is 74.2 Å². The second kappa shape index (κ2) is 9.05. The Hall–Kier alpha value is -2.62. The summed E-state index contributed by atoms with van der Waals surface area (Å²) < 4.78 is 6.56. The fraction of sp³-hybridized carbons (Fsp3) is 0.227. The van der Waals surface area contributed by atoms with Gasteiger partial charge in [0.05, 0.1) is 16.5 Å². The molecule has 0 saturated carbocycles. The van der Waals surface area contributed by atoms with Crippen LogP contribution < -0.4 is 4.74 Å². The Morgan fingerprint density at radius 2 is 1.93 bits per heavy atom. The third-order valence-electron chi connectivity index (χ3n) is 4.15. The van der Waals surface area contributed by atoms with E-state index in [0.717, 1.165) is 11.1 Å². The van der Waals surface area contributed by atoms with Crippen LogP contribution in [0.3, 0.4) is 0 Å². The number of carbonyl (C=O) groups is 1. The maximum absolute atomic E-state index is 12.7. The zero-order valence-electron chi connectivity index (χ0n) is 15.7. The number of hydrogen-bond donors (Lipinski definition) is 0. The van der Waals surface area contributed by atoms with E-state index in [9.17, 15) is 10.1 Å². The van der Waals surface area contributed by atoms with Crippen molar-refractivity contribution in [1.82, 2.24) is 4.90 Å². The Morgan fingerprint density at radius 1 is 1.21 bits per heavy atom. The number of nitriles is 1. The van der Waals surface area contributed by atoms with E-state index in [0.29, 0.717) is 33.0 Å². The van der Waals surface area contributed by atoms with Gasteiger partial charge in [0.25, 0.3) is 5.91 Å². The summed E-state index contributed by atoms with van der Waals surface area (Å²) in [6, 6.07) is 17.1. The van der Waals surface area contributed by atoms with Gasteiger partial charge in [-0.05, 0) is 24.1 Å². The Balaban J connectivity index is 1.81. The Labute approximate surface area is 174 Å². The smallest absolute Gasteiger partial charge is 0.266 e. The second-order valence-corrected chi connectivity index (χ2v) is 8.46. The molecule has 0 aliphatic carbocycles. The summed E-state index contributed by atoms with van der Waals surface area (Å²) in [5.74, 6) is 0.940. The molecule has 0 aromatic heterocycles. The zero-order valence-corrected chi connectivity index (χ0v) is 17.3. The van der Waals surface area contributed by atoms with Crippen LogP contribution in [0, 0.1) is 17.2 Å². The van der Waals surface area contributed by atoms with Gasteiger partial charge in [0.1, 0.15) is 16.7 Å². The van der Waals surface area contributed by atoms with Crippen molar-refractivity contribution in [3.63, 3.8) is 0 Å². The predicted molar refractivity (Wildman–Crippen MR) is 117 cm³/mol. The van der Waals surface area contributed by atoms with E-state index >= 15 is 0 Å². The van der Waals surface area contributed by atoms with E-state index in [1.165, 1.54) is 11.8 Å². The third-order valence-corrected chi connectivity index (χ3v) is 5.53. The van der Waals surface area contributed by atoms with Crippen LogP contribution in [-0.4, -0.2) is 21.7 Å². The normalized spacial score (nSPS) is 15.4. The first-order valence-corrected chi connectivity index (χ1v) is 10.2. The van der Waals surface area contributed by atoms with Crippen LogP contribution in [0.1, 0.15) is 30.5 Å². The molecule has 3 rings (SSSR count). The molecule has 0 bridgehead atoms. The monoisotopic (exact) mass is 408 g/mol. The second-order valence-electron chi connectivity index (χ2n) is 6.78. The first kappa shape index (κ1) is 20.1. The predicted octanol–water partition coefficient (Wildman–Crippen LogP) is 4.99. The van der Waals surface area contributed by atoms with Crippen LogP contribution in [0.4, 0.5) is 0 Å². The minimum Gasteiger partial charge on any atom is -0.488 e. The fourth-order valence-corrected chi connectivity index (χ4v) is 4.07. The summed E-state index contributed by atoms with van der Waals surface area (Å²) in [6.07, 6.45) is 1.82. The summed E-state index contributed by atoms with van der Waals surface area (Å²) in [5.41, 5.74) is 2.22. The molecule has 4 nitrogen and oxygen atoms in total. The Morgan fingerprint density at radius 3 is 2.68 bits per heavy atom. The zero-order chi connectivity index (χ0) is 20.1. The molecule has 1 heterocycles. The maximum Gasteiger partial charge on any atom is 0.266 e. The lowest BCUT2D eigenvalue weighted by atomic mass is 10.1. The molecule has 28 heavy (non-hydrogen) atoms. The number of thioether (sulfide) groups is 1. The van der Waals surface area contributed by atoms with Crippen molar-refractivity contribution < 1.29 is 9.53 Å². The number of nitrogens with zero attached hydrogens (tertiary/aromatic N) is 2. The van der Waals surface area contributed by atoms with E-state index in [4.69, 9.17) is 17.0 Å². The van der Waals surface area contributed by atoms with Crippen molar-refractivity contribution in [3.05, 3.63) is 70.1 Å². The van der Waals surface area contributed by atoms with Crippen LogP contribution in [0.25, 0.3) is 6.08 Å². The number of amides is 1. The largest absolute Gasteiger partial charge is 0.488 e. The van der Waals surface area contributed by atoms with Crippen molar-refractivity contribution >= 4 is 40.3 Å². The van der Waals surface area contributed by atoms with Gasteiger partial charge in [0, 0.05) is 17.7 Å². The summed E-state index contributed by atoms with van der Waals surface area (Å²) in [4.78, 5) is 15.0. The highest BCUT2D eigenvalue weighted by Gasteiger charge is 2.32. The average molecular weight is 409 g/mol. The van der Waals surface area contributed by atoms with Gasteiger partial charge in [-0.15, -0.1) is 0 Å². The lowest BCUT2D eigenvalue weighted by Crippen LogP contribution is -2.31. The van der Waals surface area contributed by atoms with Crippen LogP contribution in [0.5, 0.6) is 5.75 Å². The molecule has 1 fully saturated rings. The molecular weight excluding hydrogens is 388 g/mol. The number of ether oxygens (including phenoxy) is 1. The van der Waals surface area contributed by atoms with Crippen molar-refractivity contribution in [3.8, 4) is 11.8 Å². The summed E-state index contributed by atoms with van der Waals surface area (Å²) in [7, 11) is 0. The molecule has 1 aliphatic rings. The van der Waals surface area contributed by atoms with Crippen LogP contribution in [-0.2, 0) is 11.4 Å². The number of hydrogen-bond acceptors (Lipinski definition) is 5. The first-order chi connectivity index (χ1) is 13.5. The van der Waals surface area contributed by atoms with Crippen LogP contribution >= 0.6 is 24.0 Å². The fourth-order valence-electron chi connectivity index (χ4n) is 2.81. The standard InChI is InChI=1S/C22H20N2O2S2/c1-15(2)13-24-21(25)20(28-22(24)27)11-16-7-5-6-10-19(16)26-14-18-9-4-3-8-17(18)12-23/h3-11,15H,13-14H2,1-2H3/b20-11-. The van der Waals surface area contributed by atoms with Gasteiger partial charge >= 0.3 is 0 Å². The molecule has 0 N–H and O–H groups in total. The van der Waals surface area contributed by atoms with Gasteiger partial charge in [0.2, 0.25) is 0 Å².